The van der Waals surface area contributed by atoms with Crippen LogP contribution < -0.4 is 0 Å². The number of likely N-dealkylation sites (tertiary alicyclic amines) is 1. The van der Waals surface area contributed by atoms with E-state index < -0.39 is 30.1 Å². The number of alkyl halides is 2. The number of halogens is 3. The third kappa shape index (κ3) is 3.06. The van der Waals surface area contributed by atoms with E-state index in [-0.39, 0.29) is 41.7 Å². The van der Waals surface area contributed by atoms with E-state index in [1.807, 2.05) is 0 Å². The standard InChI is InChI=1S/C17H15F3N4O4/c18-12-5-8(14-21-22-15(28-14)13(19)20)4-10-11(12)7-23(16(10)25)6-9-2-1-3-24(9)17(26)27/h4-5,9,13H,1-3,6-7H2,(H,26,27)/t9-/m1/s1. The summed E-state index contributed by atoms with van der Waals surface area (Å²) in [4.78, 5) is 26.7. The zero-order valence-corrected chi connectivity index (χ0v) is 14.4. The maximum Gasteiger partial charge on any atom is 0.407 e. The lowest BCUT2D eigenvalue weighted by Crippen LogP contribution is -2.42. The minimum absolute atomic E-state index is 0.0103. The molecule has 148 valence electrons. The summed E-state index contributed by atoms with van der Waals surface area (Å²) in [5.41, 5.74) is 0.271. The van der Waals surface area contributed by atoms with Gasteiger partial charge >= 0.3 is 12.5 Å². The quantitative estimate of drug-likeness (QED) is 0.853. The fourth-order valence-corrected chi connectivity index (χ4v) is 3.66. The lowest BCUT2D eigenvalue weighted by molar-refractivity contribution is 0.0719. The summed E-state index contributed by atoms with van der Waals surface area (Å²) >= 11 is 0. The highest BCUT2D eigenvalue weighted by atomic mass is 19.3. The number of hydrogen-bond acceptors (Lipinski definition) is 5. The van der Waals surface area contributed by atoms with Gasteiger partial charge in [-0.05, 0) is 25.0 Å². The van der Waals surface area contributed by atoms with Crippen LogP contribution in [0.2, 0.25) is 0 Å². The van der Waals surface area contributed by atoms with E-state index in [9.17, 15) is 27.9 Å². The molecule has 8 nitrogen and oxygen atoms in total. The Morgan fingerprint density at radius 1 is 1.36 bits per heavy atom. The molecule has 1 fully saturated rings. The van der Waals surface area contributed by atoms with E-state index in [0.29, 0.717) is 19.4 Å². The van der Waals surface area contributed by atoms with E-state index >= 15 is 0 Å². The first kappa shape index (κ1) is 18.3. The molecule has 4 rings (SSSR count). The minimum atomic E-state index is -2.96. The lowest BCUT2D eigenvalue weighted by atomic mass is 10.1. The normalized spacial score (nSPS) is 19.0. The van der Waals surface area contributed by atoms with Gasteiger partial charge in [0.1, 0.15) is 5.82 Å². The predicted molar refractivity (Wildman–Crippen MR) is 87.1 cm³/mol. The molecule has 0 saturated carbocycles. The van der Waals surface area contributed by atoms with E-state index in [4.69, 9.17) is 4.42 Å². The van der Waals surface area contributed by atoms with Crippen molar-refractivity contribution >= 4 is 12.0 Å². The van der Waals surface area contributed by atoms with Crippen molar-refractivity contribution in [3.05, 3.63) is 35.0 Å². The maximum absolute atomic E-state index is 14.5. The number of carbonyl (C=O) groups excluding carboxylic acids is 1. The molecule has 0 unspecified atom stereocenters. The van der Waals surface area contributed by atoms with Crippen molar-refractivity contribution in [1.82, 2.24) is 20.0 Å². The number of benzene rings is 1. The van der Waals surface area contributed by atoms with Gasteiger partial charge in [0.25, 0.3) is 11.8 Å². The van der Waals surface area contributed by atoms with Gasteiger partial charge in [-0.15, -0.1) is 10.2 Å². The molecule has 2 amide bonds. The Balaban J connectivity index is 1.58. The Hall–Kier alpha value is -3.11. The summed E-state index contributed by atoms with van der Waals surface area (Å²) in [6, 6.07) is 2.03. The van der Waals surface area contributed by atoms with Gasteiger partial charge in [0.15, 0.2) is 0 Å². The van der Waals surface area contributed by atoms with Gasteiger partial charge in [-0.25, -0.2) is 9.18 Å². The number of aromatic nitrogens is 2. The molecule has 0 aliphatic carbocycles. The molecule has 0 bridgehead atoms. The van der Waals surface area contributed by atoms with Crippen LogP contribution in [0.1, 0.15) is 41.1 Å². The largest absolute Gasteiger partial charge is 0.465 e. The first-order valence-corrected chi connectivity index (χ1v) is 8.58. The highest BCUT2D eigenvalue weighted by Crippen LogP contribution is 2.32. The van der Waals surface area contributed by atoms with E-state index in [1.165, 1.54) is 15.9 Å². The molecule has 3 heterocycles. The zero-order chi connectivity index (χ0) is 20.0. The summed E-state index contributed by atoms with van der Waals surface area (Å²) in [7, 11) is 0. The van der Waals surface area contributed by atoms with Gasteiger partial charge in [0, 0.05) is 36.3 Å². The molecule has 1 aromatic carbocycles. The fraction of sp³-hybridized carbons (Fsp3) is 0.412. The van der Waals surface area contributed by atoms with E-state index in [0.717, 1.165) is 6.07 Å². The van der Waals surface area contributed by atoms with Crippen molar-refractivity contribution in [3.8, 4) is 11.5 Å². The van der Waals surface area contributed by atoms with Crippen LogP contribution >= 0.6 is 0 Å². The molecule has 1 atom stereocenters. The first-order chi connectivity index (χ1) is 13.3. The molecule has 28 heavy (non-hydrogen) atoms. The Kier molecular flexibility index (Phi) is 4.44. The second-order valence-electron chi connectivity index (χ2n) is 6.69. The fourth-order valence-electron chi connectivity index (χ4n) is 3.66. The van der Waals surface area contributed by atoms with Gasteiger partial charge in [-0.2, -0.15) is 8.78 Å². The van der Waals surface area contributed by atoms with Crippen LogP contribution in [0.5, 0.6) is 0 Å². The predicted octanol–water partition coefficient (Wildman–Crippen LogP) is 2.91. The number of carbonyl (C=O) groups is 2. The third-order valence-electron chi connectivity index (χ3n) is 4.99. The molecule has 11 heteroatoms. The van der Waals surface area contributed by atoms with E-state index in [1.54, 1.807) is 0 Å². The number of hydrogen-bond donors (Lipinski definition) is 1. The highest BCUT2D eigenvalue weighted by molar-refractivity contribution is 5.99. The molecule has 1 saturated heterocycles. The highest BCUT2D eigenvalue weighted by Gasteiger charge is 2.36. The van der Waals surface area contributed by atoms with Gasteiger partial charge < -0.3 is 19.3 Å². The minimum Gasteiger partial charge on any atom is -0.465 e. The number of nitrogens with zero attached hydrogens (tertiary/aromatic N) is 4. The topological polar surface area (TPSA) is 99.8 Å². The number of amides is 2. The Morgan fingerprint density at radius 3 is 2.82 bits per heavy atom. The first-order valence-electron chi connectivity index (χ1n) is 8.58. The summed E-state index contributed by atoms with van der Waals surface area (Å²) in [5.74, 6) is -2.35. The molecule has 1 N–H and O–H groups in total. The maximum atomic E-state index is 14.5. The van der Waals surface area contributed by atoms with Crippen molar-refractivity contribution in [3.63, 3.8) is 0 Å². The molecular weight excluding hydrogens is 381 g/mol. The van der Waals surface area contributed by atoms with Gasteiger partial charge in [0.2, 0.25) is 5.89 Å². The van der Waals surface area contributed by atoms with Crippen molar-refractivity contribution in [2.45, 2.75) is 31.9 Å². The molecule has 1 aromatic heterocycles. The smallest absolute Gasteiger partial charge is 0.407 e. The monoisotopic (exact) mass is 396 g/mol. The van der Waals surface area contributed by atoms with Crippen LogP contribution in [-0.4, -0.2) is 56.2 Å². The van der Waals surface area contributed by atoms with Gasteiger partial charge in [-0.1, -0.05) is 0 Å². The zero-order valence-electron chi connectivity index (χ0n) is 14.4. The average Bonchev–Trinajstić information content (AvgIpc) is 3.36. The number of rotatable bonds is 4. The average molecular weight is 396 g/mol. The molecular formula is C17H15F3N4O4. The SMILES string of the molecule is O=C1c2cc(-c3nnc(C(F)F)o3)cc(F)c2CN1C[C@H]1CCCN1C(=O)O. The third-order valence-corrected chi connectivity index (χ3v) is 4.99. The van der Waals surface area contributed by atoms with Crippen LogP contribution in [0.25, 0.3) is 11.5 Å². The second kappa shape index (κ2) is 6.80. The summed E-state index contributed by atoms with van der Waals surface area (Å²) in [6.07, 6.45) is -2.68. The van der Waals surface area contributed by atoms with Gasteiger partial charge in [-0.3, -0.25) is 4.79 Å². The van der Waals surface area contributed by atoms with Crippen molar-refractivity contribution in [2.24, 2.45) is 0 Å². The molecule has 2 aliphatic heterocycles. The summed E-state index contributed by atoms with van der Waals surface area (Å²) in [5, 5.41) is 15.9. The Morgan fingerprint density at radius 2 is 2.14 bits per heavy atom. The Labute approximate surface area is 156 Å². The van der Waals surface area contributed by atoms with Crippen molar-refractivity contribution < 1.29 is 32.3 Å². The van der Waals surface area contributed by atoms with E-state index in [2.05, 4.69) is 10.2 Å². The van der Waals surface area contributed by atoms with Crippen molar-refractivity contribution in [2.75, 3.05) is 13.1 Å². The van der Waals surface area contributed by atoms with Crippen LogP contribution in [0.4, 0.5) is 18.0 Å². The summed E-state index contributed by atoms with van der Waals surface area (Å²) < 4.78 is 44.6. The van der Waals surface area contributed by atoms with Crippen LogP contribution in [0.15, 0.2) is 16.5 Å². The molecule has 0 spiro atoms. The molecule has 0 radical (unpaired) electrons. The second-order valence-corrected chi connectivity index (χ2v) is 6.69. The van der Waals surface area contributed by atoms with Crippen LogP contribution in [-0.2, 0) is 6.54 Å². The van der Waals surface area contributed by atoms with Gasteiger partial charge in [0.05, 0.1) is 6.04 Å². The summed E-state index contributed by atoms with van der Waals surface area (Å²) in [6.45, 7) is 0.568. The lowest BCUT2D eigenvalue weighted by Gasteiger charge is -2.26. The number of fused-ring (bicyclic) bond motifs is 1. The van der Waals surface area contributed by atoms with Crippen molar-refractivity contribution in [1.29, 1.82) is 0 Å². The number of carboxylic acid groups (broad SMARTS) is 1. The molecule has 2 aromatic rings. The molecule has 2 aliphatic rings. The Bertz CT molecular complexity index is 948. The van der Waals surface area contributed by atoms with Crippen LogP contribution in [0.3, 0.4) is 0 Å². The van der Waals surface area contributed by atoms with Crippen LogP contribution in [0, 0.1) is 5.82 Å².